The van der Waals surface area contributed by atoms with Gasteiger partial charge in [0.1, 0.15) is 11.2 Å². The van der Waals surface area contributed by atoms with Gasteiger partial charge < -0.3 is 9.32 Å². The highest BCUT2D eigenvalue weighted by Crippen LogP contribution is 2.45. The summed E-state index contributed by atoms with van der Waals surface area (Å²) in [6.07, 6.45) is 0. The molecule has 2 heterocycles. The lowest BCUT2D eigenvalue weighted by molar-refractivity contribution is 0.669. The van der Waals surface area contributed by atoms with E-state index in [1.54, 1.807) is 0 Å². The van der Waals surface area contributed by atoms with E-state index in [1.807, 2.05) is 11.3 Å². The third-order valence-corrected chi connectivity index (χ3v) is 12.0. The molecule has 0 saturated carbocycles. The van der Waals surface area contributed by atoms with E-state index in [1.165, 1.54) is 64.3 Å². The molecule has 0 amide bonds. The van der Waals surface area contributed by atoms with Crippen molar-refractivity contribution in [2.24, 2.45) is 0 Å². The zero-order valence-electron chi connectivity index (χ0n) is 29.8. The first-order chi connectivity index (χ1) is 27.2. The van der Waals surface area contributed by atoms with Crippen molar-refractivity contribution >= 4 is 81.3 Å². The summed E-state index contributed by atoms with van der Waals surface area (Å²) in [6.45, 7) is 0. The third kappa shape index (κ3) is 5.40. The molecule has 0 fully saturated rings. The molecule has 2 aromatic heterocycles. The Morgan fingerprint density at radius 1 is 0.327 bits per heavy atom. The first-order valence-electron chi connectivity index (χ1n) is 18.7. The molecule has 3 heteroatoms. The van der Waals surface area contributed by atoms with E-state index in [4.69, 9.17) is 4.42 Å². The second kappa shape index (κ2) is 12.9. The van der Waals surface area contributed by atoms with Crippen LogP contribution in [0.5, 0.6) is 0 Å². The fraction of sp³-hybridized carbons (Fsp3) is 0. The van der Waals surface area contributed by atoms with Crippen molar-refractivity contribution in [3.63, 3.8) is 0 Å². The molecule has 0 saturated heterocycles. The number of rotatable bonds is 6. The van der Waals surface area contributed by atoms with Crippen molar-refractivity contribution in [1.29, 1.82) is 0 Å². The maximum Gasteiger partial charge on any atom is 0.136 e. The van der Waals surface area contributed by atoms with Crippen LogP contribution < -0.4 is 4.90 Å². The molecule has 9 aromatic carbocycles. The molecular formula is C52H33NOS. The van der Waals surface area contributed by atoms with Crippen LogP contribution in [0.15, 0.2) is 205 Å². The molecule has 11 rings (SSSR count). The van der Waals surface area contributed by atoms with Gasteiger partial charge >= 0.3 is 0 Å². The quantitative estimate of drug-likeness (QED) is 0.170. The molecule has 0 bridgehead atoms. The van der Waals surface area contributed by atoms with Crippen molar-refractivity contribution in [2.75, 3.05) is 4.90 Å². The third-order valence-electron chi connectivity index (χ3n) is 10.9. The van der Waals surface area contributed by atoms with E-state index in [0.29, 0.717) is 0 Å². The fourth-order valence-electron chi connectivity index (χ4n) is 8.21. The molecule has 2 nitrogen and oxygen atoms in total. The van der Waals surface area contributed by atoms with Crippen LogP contribution in [0.4, 0.5) is 17.1 Å². The minimum atomic E-state index is 0.875. The van der Waals surface area contributed by atoms with Gasteiger partial charge in [-0.2, -0.15) is 0 Å². The van der Waals surface area contributed by atoms with Gasteiger partial charge in [0.05, 0.1) is 0 Å². The molecule has 0 aliphatic carbocycles. The number of anilines is 3. The number of nitrogens with zero attached hydrogens (tertiary/aromatic N) is 1. The minimum Gasteiger partial charge on any atom is -0.456 e. The van der Waals surface area contributed by atoms with Gasteiger partial charge in [-0.3, -0.25) is 0 Å². The van der Waals surface area contributed by atoms with Crippen LogP contribution in [0.2, 0.25) is 0 Å². The second-order valence-corrected chi connectivity index (χ2v) is 15.2. The Labute approximate surface area is 322 Å². The van der Waals surface area contributed by atoms with E-state index >= 15 is 0 Å². The van der Waals surface area contributed by atoms with Crippen molar-refractivity contribution in [1.82, 2.24) is 0 Å². The molecule has 0 aliphatic rings. The standard InChI is InChI=1S/C52H33NOS/c1-3-11-34(12-4-1)36-19-21-38(22-20-36)46-33-49-52(45-17-8-7-15-42(45)46)47-31-40(28-30-48(47)54-49)53(39-25-23-37(24-26-39)35-13-5-2-6-14-35)41-27-29-44-43-16-9-10-18-50(43)55-51(44)32-41/h1-33H. The summed E-state index contributed by atoms with van der Waals surface area (Å²) in [7, 11) is 0. The van der Waals surface area contributed by atoms with E-state index in [2.05, 4.69) is 205 Å². The Morgan fingerprint density at radius 3 is 1.58 bits per heavy atom. The second-order valence-electron chi connectivity index (χ2n) is 14.1. The van der Waals surface area contributed by atoms with Gasteiger partial charge in [0.25, 0.3) is 0 Å². The van der Waals surface area contributed by atoms with Gasteiger partial charge in [-0.15, -0.1) is 11.3 Å². The Hall–Kier alpha value is -6.94. The van der Waals surface area contributed by atoms with E-state index < -0.39 is 0 Å². The number of hydrogen-bond acceptors (Lipinski definition) is 3. The van der Waals surface area contributed by atoms with Gasteiger partial charge in [-0.1, -0.05) is 146 Å². The van der Waals surface area contributed by atoms with Gasteiger partial charge in [0, 0.05) is 48.0 Å². The highest BCUT2D eigenvalue weighted by atomic mass is 32.1. The highest BCUT2D eigenvalue weighted by Gasteiger charge is 2.20. The van der Waals surface area contributed by atoms with Crippen molar-refractivity contribution in [3.05, 3.63) is 200 Å². The highest BCUT2D eigenvalue weighted by molar-refractivity contribution is 7.25. The Kier molecular flexibility index (Phi) is 7.39. The van der Waals surface area contributed by atoms with Crippen molar-refractivity contribution < 1.29 is 4.42 Å². The first kappa shape index (κ1) is 31.6. The number of hydrogen-bond donors (Lipinski definition) is 0. The first-order valence-corrected chi connectivity index (χ1v) is 19.5. The molecule has 258 valence electrons. The zero-order valence-corrected chi connectivity index (χ0v) is 30.6. The Bertz CT molecular complexity index is 3180. The summed E-state index contributed by atoms with van der Waals surface area (Å²) in [6, 6.07) is 72.1. The monoisotopic (exact) mass is 719 g/mol. The summed E-state index contributed by atoms with van der Waals surface area (Å²) in [5.74, 6) is 0. The van der Waals surface area contributed by atoms with Crippen LogP contribution in [0, 0.1) is 0 Å². The number of thiophene rings is 1. The molecule has 0 unspecified atom stereocenters. The topological polar surface area (TPSA) is 16.4 Å². The van der Waals surface area contributed by atoms with Crippen molar-refractivity contribution in [2.45, 2.75) is 0 Å². The van der Waals surface area contributed by atoms with Crippen LogP contribution in [-0.2, 0) is 0 Å². The Morgan fingerprint density at radius 2 is 0.855 bits per heavy atom. The predicted molar refractivity (Wildman–Crippen MR) is 235 cm³/mol. The SMILES string of the molecule is c1ccc(-c2ccc(-c3cc4oc5ccc(N(c6ccc(-c7ccccc7)cc6)c6ccc7c(c6)sc6ccccc67)cc5c4c4ccccc34)cc2)cc1. The van der Waals surface area contributed by atoms with Gasteiger partial charge in [0.15, 0.2) is 0 Å². The maximum atomic E-state index is 6.70. The lowest BCUT2D eigenvalue weighted by Crippen LogP contribution is -2.09. The van der Waals surface area contributed by atoms with Crippen LogP contribution in [0.3, 0.4) is 0 Å². The summed E-state index contributed by atoms with van der Waals surface area (Å²) in [5.41, 5.74) is 12.2. The zero-order chi connectivity index (χ0) is 36.3. The molecule has 0 aliphatic heterocycles. The smallest absolute Gasteiger partial charge is 0.136 e. The minimum absolute atomic E-state index is 0.875. The summed E-state index contributed by atoms with van der Waals surface area (Å²) >= 11 is 1.85. The molecule has 0 radical (unpaired) electrons. The van der Waals surface area contributed by atoms with Gasteiger partial charge in [0.2, 0.25) is 0 Å². The van der Waals surface area contributed by atoms with Crippen LogP contribution in [0.1, 0.15) is 0 Å². The fourth-order valence-corrected chi connectivity index (χ4v) is 9.35. The Balaban J connectivity index is 1.07. The molecule has 55 heavy (non-hydrogen) atoms. The van der Waals surface area contributed by atoms with E-state index in [-0.39, 0.29) is 0 Å². The molecule has 0 spiro atoms. The largest absolute Gasteiger partial charge is 0.456 e. The molecule has 0 atom stereocenters. The van der Waals surface area contributed by atoms with Gasteiger partial charge in [-0.25, -0.2) is 0 Å². The summed E-state index contributed by atoms with van der Waals surface area (Å²) in [5, 5.41) is 7.22. The van der Waals surface area contributed by atoms with E-state index in [0.717, 1.165) is 39.0 Å². The number of benzene rings is 9. The maximum absolute atomic E-state index is 6.70. The van der Waals surface area contributed by atoms with Gasteiger partial charge in [-0.05, 0) is 98.8 Å². The number of fused-ring (bicyclic) bond motifs is 8. The predicted octanol–water partition coefficient (Wildman–Crippen LogP) is 15.6. The normalized spacial score (nSPS) is 11.6. The molecular weight excluding hydrogens is 687 g/mol. The van der Waals surface area contributed by atoms with Crippen molar-refractivity contribution in [3.8, 4) is 33.4 Å². The summed E-state index contributed by atoms with van der Waals surface area (Å²) in [4.78, 5) is 2.38. The molecule has 11 aromatic rings. The van der Waals surface area contributed by atoms with Crippen LogP contribution in [0.25, 0.3) is 86.3 Å². The summed E-state index contributed by atoms with van der Waals surface area (Å²) < 4.78 is 9.28. The van der Waals surface area contributed by atoms with Crippen LogP contribution in [-0.4, -0.2) is 0 Å². The average molecular weight is 720 g/mol. The number of furan rings is 1. The van der Waals surface area contributed by atoms with Crippen LogP contribution >= 0.6 is 11.3 Å². The lowest BCUT2D eigenvalue weighted by atomic mass is 9.93. The molecule has 0 N–H and O–H groups in total. The lowest BCUT2D eigenvalue weighted by Gasteiger charge is -2.26. The average Bonchev–Trinajstić information content (AvgIpc) is 3.82. The van der Waals surface area contributed by atoms with E-state index in [9.17, 15) is 0 Å².